The van der Waals surface area contributed by atoms with Gasteiger partial charge in [0.1, 0.15) is 0 Å². The first-order valence-electron chi connectivity index (χ1n) is 1.11. The SMILES string of the molecule is O.O=C(O)C(=O)O.[AlH3].[LiH]. The molecule has 0 amide bonds. The van der Waals surface area contributed by atoms with Crippen molar-refractivity contribution >= 4 is 48.2 Å². The van der Waals surface area contributed by atoms with E-state index in [0.717, 1.165) is 0 Å². The molecule has 0 rings (SSSR count). The molecule has 0 heterocycles. The Balaban J connectivity index is -0.0000000417. The van der Waals surface area contributed by atoms with Crippen molar-refractivity contribution in [1.29, 1.82) is 0 Å². The molecule has 0 aliphatic heterocycles. The summed E-state index contributed by atoms with van der Waals surface area (Å²) in [5.41, 5.74) is 0. The van der Waals surface area contributed by atoms with Gasteiger partial charge in [0.2, 0.25) is 0 Å². The number of carbonyl (C=O) groups is 2. The standard InChI is InChI=1S/C2H2O4.Al.Li.H2O.4H/c3-1(4)2(5)6;;;;;;;/h(H,3,4)(H,5,6);;;1H2;;;;. The van der Waals surface area contributed by atoms with Gasteiger partial charge in [-0.05, 0) is 0 Å². The summed E-state index contributed by atoms with van der Waals surface area (Å²) in [6.07, 6.45) is 0. The molecule has 4 N–H and O–H groups in total. The van der Waals surface area contributed by atoms with Crippen molar-refractivity contribution in [2.45, 2.75) is 0 Å². The van der Waals surface area contributed by atoms with Gasteiger partial charge in [0.05, 0.1) is 0 Å². The molecule has 0 bridgehead atoms. The Labute approximate surface area is 73.7 Å². The third kappa shape index (κ3) is 18.0. The molecule has 5 nitrogen and oxygen atoms in total. The molecule has 0 spiro atoms. The molecule has 0 radical (unpaired) electrons. The zero-order chi connectivity index (χ0) is 5.15. The van der Waals surface area contributed by atoms with Crippen LogP contribution in [0.25, 0.3) is 0 Å². The van der Waals surface area contributed by atoms with Crippen LogP contribution < -0.4 is 0 Å². The van der Waals surface area contributed by atoms with Crippen LogP contribution in [0.5, 0.6) is 0 Å². The molecule has 0 aromatic heterocycles. The number of hydrogen-bond acceptors (Lipinski definition) is 2. The van der Waals surface area contributed by atoms with Crippen LogP contribution in [0.1, 0.15) is 0 Å². The van der Waals surface area contributed by atoms with Gasteiger partial charge >= 0.3 is 30.8 Å². The second kappa shape index (κ2) is 10.9. The topological polar surface area (TPSA) is 106 Å². The van der Waals surface area contributed by atoms with Gasteiger partial charge in [0, 0.05) is 0 Å². The summed E-state index contributed by atoms with van der Waals surface area (Å²) in [4.78, 5) is 18.2. The summed E-state index contributed by atoms with van der Waals surface area (Å²) in [6, 6.07) is 0. The van der Waals surface area contributed by atoms with Crippen LogP contribution in [0.3, 0.4) is 0 Å². The molecule has 7 heteroatoms. The van der Waals surface area contributed by atoms with Crippen molar-refractivity contribution in [3.05, 3.63) is 0 Å². The zero-order valence-electron chi connectivity index (χ0n) is 3.21. The van der Waals surface area contributed by atoms with Crippen LogP contribution in [0.15, 0.2) is 0 Å². The average Bonchev–Trinajstić information content (AvgIpc) is 1.36. The molecular weight excluding hydrogens is 138 g/mol. The van der Waals surface area contributed by atoms with E-state index in [4.69, 9.17) is 19.8 Å². The molecule has 0 aliphatic carbocycles. The summed E-state index contributed by atoms with van der Waals surface area (Å²) < 4.78 is 0. The Kier molecular flexibility index (Phi) is 27.9. The van der Waals surface area contributed by atoms with E-state index in [1.807, 2.05) is 0 Å². The van der Waals surface area contributed by atoms with Crippen LogP contribution in [-0.2, 0) is 9.59 Å². The average molecular weight is 146 g/mol. The molecule has 0 unspecified atom stereocenters. The molecule has 9 heavy (non-hydrogen) atoms. The van der Waals surface area contributed by atoms with Crippen molar-refractivity contribution in [3.8, 4) is 0 Å². The van der Waals surface area contributed by atoms with Gasteiger partial charge in [0.15, 0.2) is 17.4 Å². The Morgan fingerprint density at radius 3 is 1.11 bits per heavy atom. The van der Waals surface area contributed by atoms with Gasteiger partial charge in [-0.3, -0.25) is 0 Å². The third-order valence-electron chi connectivity index (χ3n) is 0.183. The summed E-state index contributed by atoms with van der Waals surface area (Å²) in [5, 5.41) is 14.8. The molecule has 0 saturated carbocycles. The maximum atomic E-state index is 9.10. The fourth-order valence-electron chi connectivity index (χ4n) is 0. The summed E-state index contributed by atoms with van der Waals surface area (Å²) in [5.74, 6) is -3.65. The van der Waals surface area contributed by atoms with Crippen LogP contribution in [0.4, 0.5) is 0 Å². The van der Waals surface area contributed by atoms with Gasteiger partial charge in [-0.2, -0.15) is 0 Å². The molecule has 0 atom stereocenters. The number of rotatable bonds is 0. The second-order valence-electron chi connectivity index (χ2n) is 0.610. The van der Waals surface area contributed by atoms with Gasteiger partial charge in [0.25, 0.3) is 0 Å². The Morgan fingerprint density at radius 1 is 1.00 bits per heavy atom. The quantitative estimate of drug-likeness (QED) is 0.273. The van der Waals surface area contributed by atoms with E-state index in [0.29, 0.717) is 0 Å². The summed E-state index contributed by atoms with van der Waals surface area (Å²) >= 11 is 0. The summed E-state index contributed by atoms with van der Waals surface area (Å²) in [6.45, 7) is 0. The van der Waals surface area contributed by atoms with E-state index >= 15 is 0 Å². The molecule has 0 aromatic carbocycles. The molecule has 0 saturated heterocycles. The fourth-order valence-corrected chi connectivity index (χ4v) is 0. The molecule has 50 valence electrons. The summed E-state index contributed by atoms with van der Waals surface area (Å²) in [7, 11) is 0. The van der Waals surface area contributed by atoms with Gasteiger partial charge in [-0.25, -0.2) is 9.59 Å². The molecule has 0 fully saturated rings. The first-order valence-corrected chi connectivity index (χ1v) is 1.11. The van der Waals surface area contributed by atoms with Crippen LogP contribution in [0.2, 0.25) is 0 Å². The van der Waals surface area contributed by atoms with Gasteiger partial charge in [-0.15, -0.1) is 0 Å². The molecule has 0 aromatic rings. The van der Waals surface area contributed by atoms with Crippen molar-refractivity contribution in [3.63, 3.8) is 0 Å². The van der Waals surface area contributed by atoms with E-state index in [2.05, 4.69) is 0 Å². The number of carboxylic acids is 2. The minimum absolute atomic E-state index is 0. The predicted molar refractivity (Wildman–Crippen MR) is 36.0 cm³/mol. The Hall–Kier alpha value is 0.0299. The molecular formula is C2H8AlLiO5. The van der Waals surface area contributed by atoms with Crippen molar-refractivity contribution < 1.29 is 25.3 Å². The van der Waals surface area contributed by atoms with E-state index in [-0.39, 0.29) is 41.7 Å². The zero-order valence-corrected chi connectivity index (χ0v) is 3.21. The van der Waals surface area contributed by atoms with E-state index in [1.165, 1.54) is 0 Å². The second-order valence-corrected chi connectivity index (χ2v) is 0.610. The van der Waals surface area contributed by atoms with E-state index < -0.39 is 11.9 Å². The number of hydrogen-bond donors (Lipinski definition) is 2. The van der Waals surface area contributed by atoms with E-state index in [9.17, 15) is 0 Å². The van der Waals surface area contributed by atoms with Gasteiger partial charge in [-0.1, -0.05) is 0 Å². The normalized spacial score (nSPS) is 4.89. The van der Waals surface area contributed by atoms with Crippen LogP contribution >= 0.6 is 0 Å². The van der Waals surface area contributed by atoms with E-state index in [1.54, 1.807) is 0 Å². The first-order chi connectivity index (χ1) is 2.64. The van der Waals surface area contributed by atoms with Crippen molar-refractivity contribution in [2.24, 2.45) is 0 Å². The molecule has 0 aliphatic rings. The Bertz CT molecular complexity index is 81.0. The predicted octanol–water partition coefficient (Wildman–Crippen LogP) is -3.50. The number of aliphatic carboxylic acids is 2. The van der Waals surface area contributed by atoms with Crippen LogP contribution in [-0.4, -0.2) is 63.8 Å². The number of carboxylic acid groups (broad SMARTS) is 2. The monoisotopic (exact) mass is 146 g/mol. The maximum absolute atomic E-state index is 9.10. The van der Waals surface area contributed by atoms with Gasteiger partial charge < -0.3 is 15.7 Å². The van der Waals surface area contributed by atoms with Crippen LogP contribution in [0, 0.1) is 0 Å². The fraction of sp³-hybridized carbons (Fsp3) is 0. The van der Waals surface area contributed by atoms with Crippen molar-refractivity contribution in [2.75, 3.05) is 0 Å². The van der Waals surface area contributed by atoms with Crippen molar-refractivity contribution in [1.82, 2.24) is 0 Å². The minimum atomic E-state index is -1.82. The third-order valence-corrected chi connectivity index (χ3v) is 0.183. The first kappa shape index (κ1) is 23.0. The Morgan fingerprint density at radius 2 is 1.11 bits per heavy atom.